The van der Waals surface area contributed by atoms with Crippen molar-refractivity contribution in [2.75, 3.05) is 46.2 Å². The van der Waals surface area contributed by atoms with E-state index in [0.717, 1.165) is 5.56 Å². The molecule has 2 aliphatic rings. The fourth-order valence-corrected chi connectivity index (χ4v) is 3.96. The molecular weight excluding hydrogens is 768 g/mol. The number of fused-ring (bicyclic) bond motifs is 2. The number of hydrogen-bond acceptors (Lipinski definition) is 7. The van der Waals surface area contributed by atoms with Crippen LogP contribution in [0.5, 0.6) is 0 Å². The van der Waals surface area contributed by atoms with Crippen molar-refractivity contribution in [1.29, 1.82) is 0 Å². The molecule has 0 spiro atoms. The van der Waals surface area contributed by atoms with E-state index in [0.29, 0.717) is 74.6 Å². The molecule has 0 aromatic heterocycles. The Bertz CT molecular complexity index is 1130. The number of imide groups is 2. The number of ether oxygens (including phenoxy) is 2. The molecule has 2 aromatic carbocycles. The first-order valence-electron chi connectivity index (χ1n) is 11.9. The molecule has 2 aliphatic heterocycles. The van der Waals surface area contributed by atoms with Gasteiger partial charge in [-0.1, -0.05) is 29.4 Å². The molecule has 0 radical (unpaired) electrons. The van der Waals surface area contributed by atoms with Gasteiger partial charge in [0.1, 0.15) is 0 Å². The van der Waals surface area contributed by atoms with Crippen LogP contribution in [-0.2, 0) is 21.7 Å². The van der Waals surface area contributed by atoms with Crippen molar-refractivity contribution in [2.24, 2.45) is 0 Å². The Labute approximate surface area is 255 Å². The van der Waals surface area contributed by atoms with Crippen LogP contribution < -0.4 is 0 Å². The average molecular weight is 799 g/mol. The summed E-state index contributed by atoms with van der Waals surface area (Å²) in [4.78, 5) is 51.8. The van der Waals surface area contributed by atoms with Crippen molar-refractivity contribution in [1.82, 2.24) is 9.80 Å². The van der Waals surface area contributed by atoms with E-state index in [1.54, 1.807) is 30.3 Å². The summed E-state index contributed by atoms with van der Waals surface area (Å²) in [5.74, 6) is -1.07. The van der Waals surface area contributed by atoms with E-state index in [1.165, 1.54) is 9.80 Å². The molecule has 0 saturated carbocycles. The summed E-state index contributed by atoms with van der Waals surface area (Å²) in [6.45, 7) is 5.95. The van der Waals surface area contributed by atoms with Crippen LogP contribution >= 0.6 is 15.7 Å². The number of hydrogen-bond donors (Lipinski definition) is 0. The Hall–Kier alpha value is -1.10. The molecule has 0 aliphatic carbocycles. The third-order valence-corrected chi connectivity index (χ3v) is 5.65. The van der Waals surface area contributed by atoms with Crippen LogP contribution in [0.3, 0.4) is 0 Å². The monoisotopic (exact) mass is 798 g/mol. The molecule has 2 atom stereocenters. The molecule has 2 aromatic rings. The van der Waals surface area contributed by atoms with Gasteiger partial charge in [0.15, 0.2) is 0 Å². The number of carbonyl (C=O) groups is 4. The minimum atomic E-state index is -0.289. The number of nitrogens with zero attached hydrogens (tertiary/aromatic N) is 2. The Morgan fingerprint density at radius 1 is 0.816 bits per heavy atom. The number of rotatable bonds is 11. The van der Waals surface area contributed by atoms with E-state index < -0.39 is 0 Å². The summed E-state index contributed by atoms with van der Waals surface area (Å²) in [7, 11) is 2.54. The Balaban J connectivity index is 0.000000947. The van der Waals surface area contributed by atoms with E-state index in [9.17, 15) is 19.2 Å². The van der Waals surface area contributed by atoms with E-state index >= 15 is 0 Å². The summed E-state index contributed by atoms with van der Waals surface area (Å²) in [5, 5.41) is 0. The SMILES string of the molecule is CP(P)[S-].Cc1ccc2c(c1)C(=O)N(CCCOCCOCCCN1C(=O)c3c[c-]ccc3C1=O)C2=O.[U+2]. The van der Waals surface area contributed by atoms with Gasteiger partial charge in [-0.3, -0.25) is 29.0 Å². The molecule has 0 saturated heterocycles. The smallest absolute Gasteiger partial charge is 0.755 e. The van der Waals surface area contributed by atoms with Crippen LogP contribution in [-0.4, -0.2) is 79.6 Å². The maximum atomic E-state index is 12.4. The zero-order valence-corrected chi connectivity index (χ0v) is 28.4. The minimum absolute atomic E-state index is 0. The second-order valence-corrected chi connectivity index (χ2v) is 14.8. The van der Waals surface area contributed by atoms with Gasteiger partial charge in [0.05, 0.1) is 24.3 Å². The van der Waals surface area contributed by atoms with E-state index in [1.807, 2.05) is 19.7 Å². The van der Waals surface area contributed by atoms with Crippen molar-refractivity contribution in [3.63, 3.8) is 0 Å². The number of aryl methyl sites for hydroxylation is 1. The molecule has 0 bridgehead atoms. The zero-order chi connectivity index (χ0) is 26.9. The van der Waals surface area contributed by atoms with Crippen LogP contribution in [0, 0.1) is 44.1 Å². The molecule has 2 unspecified atom stereocenters. The maximum Gasteiger partial charge on any atom is 2.00 e. The van der Waals surface area contributed by atoms with E-state index in [4.69, 9.17) is 9.47 Å². The van der Waals surface area contributed by atoms with Crippen molar-refractivity contribution in [3.05, 3.63) is 70.3 Å². The van der Waals surface area contributed by atoms with Crippen molar-refractivity contribution >= 4 is 51.6 Å². The summed E-state index contributed by atoms with van der Waals surface area (Å²) in [5.41, 5.74) is 2.69. The third-order valence-electron chi connectivity index (χ3n) is 5.65. The van der Waals surface area contributed by atoms with Gasteiger partial charge >= 0.3 is 31.1 Å². The molecule has 200 valence electrons. The summed E-state index contributed by atoms with van der Waals surface area (Å²) in [6, 6.07) is 12.9. The van der Waals surface area contributed by atoms with Gasteiger partial charge in [-0.25, -0.2) is 6.81 Å². The van der Waals surface area contributed by atoms with Crippen molar-refractivity contribution < 1.29 is 59.8 Å². The first-order chi connectivity index (χ1) is 17.7. The van der Waals surface area contributed by atoms with Crippen LogP contribution in [0.4, 0.5) is 0 Å². The predicted octanol–water partition coefficient (Wildman–Crippen LogP) is 3.85. The Morgan fingerprint density at radius 2 is 1.29 bits per heavy atom. The zero-order valence-electron chi connectivity index (χ0n) is 21.4. The molecular formula is C26H30N2O6P2SU. The number of benzene rings is 2. The minimum Gasteiger partial charge on any atom is -0.755 e. The second-order valence-electron chi connectivity index (χ2n) is 8.52. The van der Waals surface area contributed by atoms with Crippen molar-refractivity contribution in [3.8, 4) is 0 Å². The Morgan fingerprint density at radius 3 is 1.82 bits per heavy atom. The molecule has 0 N–H and O–H groups in total. The van der Waals surface area contributed by atoms with Crippen LogP contribution in [0.2, 0.25) is 0 Å². The maximum absolute atomic E-state index is 12.4. The fraction of sp³-hybridized carbons (Fsp3) is 0.385. The summed E-state index contributed by atoms with van der Waals surface area (Å²) in [6.07, 6.45) is 1.08. The average Bonchev–Trinajstić information content (AvgIpc) is 3.24. The third kappa shape index (κ3) is 8.70. The molecule has 38 heavy (non-hydrogen) atoms. The first-order valence-corrected chi connectivity index (χ1v) is 16.3. The summed E-state index contributed by atoms with van der Waals surface area (Å²) < 4.78 is 11.0. The molecule has 12 heteroatoms. The molecule has 2 heterocycles. The van der Waals surface area contributed by atoms with Gasteiger partial charge in [-0.15, -0.1) is 8.93 Å². The van der Waals surface area contributed by atoms with Crippen molar-refractivity contribution in [2.45, 2.75) is 19.8 Å². The van der Waals surface area contributed by atoms with Gasteiger partial charge in [-0.05, 0) is 31.9 Å². The predicted molar refractivity (Wildman–Crippen MR) is 148 cm³/mol. The van der Waals surface area contributed by atoms with E-state index in [2.05, 4.69) is 27.2 Å². The molecule has 4 rings (SSSR count). The molecule has 0 fully saturated rings. The van der Waals surface area contributed by atoms with Gasteiger partial charge in [0.25, 0.3) is 11.8 Å². The van der Waals surface area contributed by atoms with Crippen LogP contribution in [0.25, 0.3) is 0 Å². The Kier molecular flexibility index (Phi) is 14.1. The van der Waals surface area contributed by atoms with Gasteiger partial charge in [0.2, 0.25) is 11.8 Å². The number of carbonyl (C=O) groups excluding carboxylic acids is 4. The summed E-state index contributed by atoms with van der Waals surface area (Å²) >= 11 is 4.65. The van der Waals surface area contributed by atoms with Crippen LogP contribution in [0.1, 0.15) is 59.8 Å². The van der Waals surface area contributed by atoms with Gasteiger partial charge in [0, 0.05) is 26.3 Å². The topological polar surface area (TPSA) is 93.2 Å². The largest absolute Gasteiger partial charge is 2.00 e. The second kappa shape index (κ2) is 16.2. The van der Waals surface area contributed by atoms with Gasteiger partial charge < -0.3 is 21.7 Å². The number of amides is 4. The van der Waals surface area contributed by atoms with E-state index in [-0.39, 0.29) is 61.6 Å². The quantitative estimate of drug-likeness (QED) is 0.112. The fourth-order valence-electron chi connectivity index (χ4n) is 3.96. The van der Waals surface area contributed by atoms with Crippen LogP contribution in [0.15, 0.2) is 36.4 Å². The van der Waals surface area contributed by atoms with Gasteiger partial charge in [-0.2, -0.15) is 24.3 Å². The molecule has 4 amide bonds. The molecule has 8 nitrogen and oxygen atoms in total. The standard InChI is InChI=1S/C25H25N2O6.CH5P2S.U/c1-17-8-9-20-21(16-17)25(31)27(24(20)30)11-5-13-33-15-14-32-12-4-10-26-22(28)18-6-2-3-7-19(18)23(26)29;1-3(2)4;/h2,6-9,16H,4-5,10-15H2,1H3;2H2,1H3;/q2*-1;+2. The normalized spacial score (nSPS) is 14.6. The first kappa shape index (κ1) is 33.1.